The molecule has 1 atom stereocenters. The molecule has 7 nitrogen and oxygen atoms in total. The zero-order valence-electron chi connectivity index (χ0n) is 16.6. The largest absolute Gasteiger partial charge is 0.368 e. The molecule has 1 unspecified atom stereocenters. The molecule has 4 rings (SSSR count). The standard InChI is InChI=1S/C21H26FN7/c1-28-14-16(12-25-28)18-11-20(27-21(23)26-18)24-13-19(29-9-3-2-4-10-29)15-5-7-17(22)8-6-15/h5-8,11-12,14,19H,2-4,9-10,13H2,1H3,(H3,23,24,26,27). The van der Waals surface area contributed by atoms with Crippen molar-refractivity contribution >= 4 is 11.8 Å². The van der Waals surface area contributed by atoms with Crippen LogP contribution in [0.3, 0.4) is 0 Å². The molecule has 8 heteroatoms. The van der Waals surface area contributed by atoms with E-state index >= 15 is 0 Å². The van der Waals surface area contributed by atoms with Crippen molar-refractivity contribution < 1.29 is 4.39 Å². The lowest BCUT2D eigenvalue weighted by Gasteiger charge is -2.35. The van der Waals surface area contributed by atoms with Crippen LogP contribution in [0.5, 0.6) is 0 Å². The smallest absolute Gasteiger partial charge is 0.222 e. The molecule has 29 heavy (non-hydrogen) atoms. The van der Waals surface area contributed by atoms with Crippen molar-refractivity contribution in [2.75, 3.05) is 30.7 Å². The van der Waals surface area contributed by atoms with E-state index in [1.165, 1.54) is 31.4 Å². The number of anilines is 2. The minimum atomic E-state index is -0.219. The lowest BCUT2D eigenvalue weighted by molar-refractivity contribution is 0.170. The maximum atomic E-state index is 13.4. The normalized spacial score (nSPS) is 15.9. The second kappa shape index (κ2) is 8.57. The molecule has 152 valence electrons. The summed E-state index contributed by atoms with van der Waals surface area (Å²) in [7, 11) is 1.86. The van der Waals surface area contributed by atoms with E-state index in [0.717, 1.165) is 29.9 Å². The molecule has 3 aromatic rings. The second-order valence-electron chi connectivity index (χ2n) is 7.44. The van der Waals surface area contributed by atoms with E-state index in [4.69, 9.17) is 5.73 Å². The average Bonchev–Trinajstić information content (AvgIpc) is 3.16. The van der Waals surface area contributed by atoms with Gasteiger partial charge in [-0.3, -0.25) is 9.58 Å². The van der Waals surface area contributed by atoms with Gasteiger partial charge in [0.25, 0.3) is 0 Å². The average molecular weight is 395 g/mol. The molecule has 1 aromatic carbocycles. The summed E-state index contributed by atoms with van der Waals surface area (Å²) in [5.41, 5.74) is 8.64. The van der Waals surface area contributed by atoms with E-state index in [1.807, 2.05) is 31.4 Å². The molecule has 3 heterocycles. The van der Waals surface area contributed by atoms with Gasteiger partial charge in [-0.1, -0.05) is 18.6 Å². The lowest BCUT2D eigenvalue weighted by atomic mass is 10.0. The Bertz CT molecular complexity index is 948. The number of hydrogen-bond donors (Lipinski definition) is 2. The van der Waals surface area contributed by atoms with Crippen LogP contribution in [0.2, 0.25) is 0 Å². The van der Waals surface area contributed by atoms with Crippen LogP contribution in [0, 0.1) is 5.82 Å². The molecule has 1 aliphatic heterocycles. The Hall–Kier alpha value is -3.00. The molecule has 0 aliphatic carbocycles. The van der Waals surface area contributed by atoms with Gasteiger partial charge in [-0.25, -0.2) is 9.37 Å². The van der Waals surface area contributed by atoms with E-state index in [0.29, 0.717) is 12.4 Å². The summed E-state index contributed by atoms with van der Waals surface area (Å²) < 4.78 is 15.2. The van der Waals surface area contributed by atoms with Gasteiger partial charge < -0.3 is 11.1 Å². The molecule has 0 radical (unpaired) electrons. The maximum Gasteiger partial charge on any atom is 0.222 e. The maximum absolute atomic E-state index is 13.4. The second-order valence-corrected chi connectivity index (χ2v) is 7.44. The summed E-state index contributed by atoms with van der Waals surface area (Å²) in [6.07, 6.45) is 7.27. The highest BCUT2D eigenvalue weighted by atomic mass is 19.1. The van der Waals surface area contributed by atoms with E-state index in [-0.39, 0.29) is 17.8 Å². The zero-order chi connectivity index (χ0) is 20.2. The summed E-state index contributed by atoms with van der Waals surface area (Å²) in [5, 5.41) is 7.61. The predicted octanol–water partition coefficient (Wildman–Crippen LogP) is 3.24. The van der Waals surface area contributed by atoms with Crippen molar-refractivity contribution in [1.29, 1.82) is 0 Å². The Morgan fingerprint density at radius 1 is 1.14 bits per heavy atom. The predicted molar refractivity (Wildman–Crippen MR) is 112 cm³/mol. The molecule has 1 fully saturated rings. The molecule has 3 N–H and O–H groups in total. The first-order valence-corrected chi connectivity index (χ1v) is 9.95. The molecule has 0 amide bonds. The Labute approximate surface area is 169 Å². The van der Waals surface area contributed by atoms with Crippen LogP contribution in [0.25, 0.3) is 11.3 Å². The topological polar surface area (TPSA) is 84.9 Å². The zero-order valence-corrected chi connectivity index (χ0v) is 16.6. The van der Waals surface area contributed by atoms with Gasteiger partial charge >= 0.3 is 0 Å². The minimum absolute atomic E-state index is 0.133. The minimum Gasteiger partial charge on any atom is -0.368 e. The van der Waals surface area contributed by atoms with Gasteiger partial charge in [-0.2, -0.15) is 10.1 Å². The number of halogens is 1. The first-order chi connectivity index (χ1) is 14.1. The summed E-state index contributed by atoms with van der Waals surface area (Å²) in [4.78, 5) is 11.1. The molecule has 1 aliphatic rings. The fraction of sp³-hybridized carbons (Fsp3) is 0.381. The van der Waals surface area contributed by atoms with E-state index < -0.39 is 0 Å². The lowest BCUT2D eigenvalue weighted by Crippen LogP contribution is -2.37. The number of piperidine rings is 1. The van der Waals surface area contributed by atoms with Crippen molar-refractivity contribution in [2.45, 2.75) is 25.3 Å². The van der Waals surface area contributed by atoms with E-state index in [9.17, 15) is 4.39 Å². The van der Waals surface area contributed by atoms with Crippen molar-refractivity contribution in [3.8, 4) is 11.3 Å². The molecule has 0 spiro atoms. The third kappa shape index (κ3) is 4.71. The van der Waals surface area contributed by atoms with Gasteiger partial charge in [0.15, 0.2) is 0 Å². The first kappa shape index (κ1) is 19.3. The number of nitrogens with one attached hydrogen (secondary N) is 1. The summed E-state index contributed by atoms with van der Waals surface area (Å²) in [5.74, 6) is 0.662. The van der Waals surface area contributed by atoms with Gasteiger partial charge in [-0.15, -0.1) is 0 Å². The molecule has 0 bridgehead atoms. The number of hydrogen-bond acceptors (Lipinski definition) is 6. The van der Waals surface area contributed by atoms with Gasteiger partial charge in [0.2, 0.25) is 5.95 Å². The molecular formula is C21H26FN7. The van der Waals surface area contributed by atoms with Gasteiger partial charge in [0.05, 0.1) is 17.9 Å². The van der Waals surface area contributed by atoms with Crippen LogP contribution in [0.1, 0.15) is 30.9 Å². The number of nitrogen functional groups attached to an aromatic ring is 1. The highest BCUT2D eigenvalue weighted by Crippen LogP contribution is 2.26. The van der Waals surface area contributed by atoms with Crippen LogP contribution < -0.4 is 11.1 Å². The SMILES string of the molecule is Cn1cc(-c2cc(NCC(c3ccc(F)cc3)N3CCCCC3)nc(N)n2)cn1. The van der Waals surface area contributed by atoms with Crippen LogP contribution in [-0.2, 0) is 7.05 Å². The third-order valence-electron chi connectivity index (χ3n) is 5.31. The van der Waals surface area contributed by atoms with Crippen molar-refractivity contribution in [3.63, 3.8) is 0 Å². The number of nitrogens with zero attached hydrogens (tertiary/aromatic N) is 5. The molecule has 1 saturated heterocycles. The highest BCUT2D eigenvalue weighted by molar-refractivity contribution is 5.62. The monoisotopic (exact) mass is 395 g/mol. The quantitative estimate of drug-likeness (QED) is 0.667. The van der Waals surface area contributed by atoms with Gasteiger partial charge in [0, 0.05) is 31.4 Å². The van der Waals surface area contributed by atoms with E-state index in [2.05, 4.69) is 25.3 Å². The van der Waals surface area contributed by atoms with Crippen LogP contribution in [0.4, 0.5) is 16.2 Å². The Balaban J connectivity index is 1.55. The van der Waals surface area contributed by atoms with Crippen molar-refractivity contribution in [2.24, 2.45) is 7.05 Å². The van der Waals surface area contributed by atoms with Crippen molar-refractivity contribution in [3.05, 3.63) is 54.1 Å². The fourth-order valence-electron chi connectivity index (χ4n) is 3.83. The van der Waals surface area contributed by atoms with Crippen LogP contribution in [0.15, 0.2) is 42.7 Å². The molecule has 0 saturated carbocycles. The third-order valence-corrected chi connectivity index (χ3v) is 5.31. The van der Waals surface area contributed by atoms with Gasteiger partial charge in [0.1, 0.15) is 11.6 Å². The van der Waals surface area contributed by atoms with Gasteiger partial charge in [-0.05, 0) is 43.6 Å². The molecule has 2 aromatic heterocycles. The molecular weight excluding hydrogens is 369 g/mol. The van der Waals surface area contributed by atoms with Crippen LogP contribution in [-0.4, -0.2) is 44.3 Å². The number of likely N-dealkylation sites (tertiary alicyclic amines) is 1. The highest BCUT2D eigenvalue weighted by Gasteiger charge is 2.22. The number of nitrogens with two attached hydrogens (primary N) is 1. The number of aryl methyl sites for hydroxylation is 1. The number of benzene rings is 1. The Kier molecular flexibility index (Phi) is 5.71. The van der Waals surface area contributed by atoms with Crippen LogP contribution >= 0.6 is 0 Å². The Morgan fingerprint density at radius 3 is 2.59 bits per heavy atom. The fourth-order valence-corrected chi connectivity index (χ4v) is 3.83. The number of rotatable bonds is 6. The summed E-state index contributed by atoms with van der Waals surface area (Å²) >= 11 is 0. The number of aromatic nitrogens is 4. The summed E-state index contributed by atoms with van der Waals surface area (Å²) in [6.45, 7) is 2.72. The van der Waals surface area contributed by atoms with Crippen molar-refractivity contribution in [1.82, 2.24) is 24.6 Å². The summed E-state index contributed by atoms with van der Waals surface area (Å²) in [6, 6.07) is 8.79. The van der Waals surface area contributed by atoms with E-state index in [1.54, 1.807) is 10.9 Å². The Morgan fingerprint density at radius 2 is 1.90 bits per heavy atom. The first-order valence-electron chi connectivity index (χ1n) is 9.95.